The molecule has 3 aromatic rings. The quantitative estimate of drug-likeness (QED) is 0.309. The highest BCUT2D eigenvalue weighted by Crippen LogP contribution is 2.62. The van der Waals surface area contributed by atoms with Gasteiger partial charge in [-0.2, -0.15) is 0 Å². The molecule has 0 heteroatoms. The maximum atomic E-state index is 3.46. The first kappa shape index (κ1) is 27.0. The summed E-state index contributed by atoms with van der Waals surface area (Å²) >= 11 is 0. The van der Waals surface area contributed by atoms with Crippen molar-refractivity contribution >= 4 is 5.57 Å². The van der Waals surface area contributed by atoms with Gasteiger partial charge in [-0.1, -0.05) is 156 Å². The molecule has 0 heterocycles. The Labute approximate surface area is 219 Å². The molecule has 0 saturated heterocycles. The minimum absolute atomic E-state index is 0.190. The highest BCUT2D eigenvalue weighted by atomic mass is 14.5. The second-order valence-corrected chi connectivity index (χ2v) is 8.72. The van der Waals surface area contributed by atoms with E-state index in [2.05, 4.69) is 118 Å². The highest BCUT2D eigenvalue weighted by Gasteiger charge is 2.51. The van der Waals surface area contributed by atoms with Crippen LogP contribution in [0.3, 0.4) is 0 Å². The molecule has 0 N–H and O–H groups in total. The van der Waals surface area contributed by atoms with Crippen molar-refractivity contribution in [2.45, 2.75) is 52.9 Å². The Morgan fingerprint density at radius 1 is 0.722 bits per heavy atom. The van der Waals surface area contributed by atoms with Crippen LogP contribution in [0.25, 0.3) is 16.7 Å². The van der Waals surface area contributed by atoms with E-state index >= 15 is 0 Å². The van der Waals surface area contributed by atoms with E-state index in [-0.39, 0.29) is 5.41 Å². The zero-order valence-corrected chi connectivity index (χ0v) is 22.6. The summed E-state index contributed by atoms with van der Waals surface area (Å²) < 4.78 is 0. The maximum absolute atomic E-state index is 3.46. The molecule has 0 fully saturated rings. The Hall–Kier alpha value is -3.64. The van der Waals surface area contributed by atoms with E-state index in [0.717, 1.165) is 6.42 Å². The molecule has 1 spiro atoms. The van der Waals surface area contributed by atoms with Gasteiger partial charge in [0.2, 0.25) is 0 Å². The molecule has 184 valence electrons. The topological polar surface area (TPSA) is 0 Å². The lowest BCUT2D eigenvalue weighted by molar-refractivity contribution is 0.786. The summed E-state index contributed by atoms with van der Waals surface area (Å²) in [5.74, 6) is 0. The van der Waals surface area contributed by atoms with Gasteiger partial charge in [-0.05, 0) is 57.9 Å². The second-order valence-electron chi connectivity index (χ2n) is 8.72. The molecule has 3 aromatic carbocycles. The van der Waals surface area contributed by atoms with Crippen LogP contribution in [0.15, 0.2) is 127 Å². The smallest absolute Gasteiger partial charge is 0.0725 e. The minimum atomic E-state index is -0.190. The lowest BCUT2D eigenvalue weighted by Crippen LogP contribution is -2.26. The van der Waals surface area contributed by atoms with Gasteiger partial charge in [-0.3, -0.25) is 0 Å². The monoisotopic (exact) mass is 472 g/mol. The Bertz CT molecular complexity index is 1250. The maximum Gasteiger partial charge on any atom is 0.0725 e. The van der Waals surface area contributed by atoms with Gasteiger partial charge in [-0.25, -0.2) is 0 Å². The van der Waals surface area contributed by atoms with E-state index in [0.29, 0.717) is 0 Å². The predicted molar refractivity (Wildman–Crippen MR) is 160 cm³/mol. The molecule has 36 heavy (non-hydrogen) atoms. The van der Waals surface area contributed by atoms with Crippen LogP contribution in [0.4, 0.5) is 0 Å². The number of allylic oxidation sites excluding steroid dienone is 9. The third-order valence-corrected chi connectivity index (χ3v) is 6.44. The third kappa shape index (κ3) is 4.61. The molecule has 0 atom stereocenters. The molecule has 0 radical (unpaired) electrons. The van der Waals surface area contributed by atoms with Gasteiger partial charge in [0, 0.05) is 0 Å². The van der Waals surface area contributed by atoms with Crippen LogP contribution < -0.4 is 0 Å². The van der Waals surface area contributed by atoms with Gasteiger partial charge in [-0.15, -0.1) is 0 Å². The molecule has 0 saturated carbocycles. The van der Waals surface area contributed by atoms with Crippen molar-refractivity contribution in [1.82, 2.24) is 0 Å². The molecule has 6 rings (SSSR count). The first-order valence-corrected chi connectivity index (χ1v) is 13.4. The Morgan fingerprint density at radius 2 is 1.17 bits per heavy atom. The van der Waals surface area contributed by atoms with Crippen LogP contribution in [0.5, 0.6) is 0 Å². The van der Waals surface area contributed by atoms with Crippen molar-refractivity contribution in [3.05, 3.63) is 150 Å². The van der Waals surface area contributed by atoms with Crippen molar-refractivity contribution in [2.75, 3.05) is 0 Å². The Balaban J connectivity index is 0.000000315. The molecule has 0 unspecified atom stereocenters. The molecule has 3 aliphatic carbocycles. The molecule has 3 aliphatic rings. The molecular weight excluding hydrogens is 432 g/mol. The summed E-state index contributed by atoms with van der Waals surface area (Å²) in [6.07, 6.45) is 17.1. The standard InChI is InChI=1S/C26H18.C5H8.C3H8.C2H6/c1-2-10-18-19-11-4-7-15-23(19)26(22(18)14-3-1)24-16-8-5-12-20(24)21-13-6-9-17-25(21)26;1-3-5-4-2;1-3-2;1-2/h2-17H,1H2;3-5H,1H2,2H3;3H2,1-2H3;1-2H3/b;5-4-;;. The van der Waals surface area contributed by atoms with Gasteiger partial charge >= 0.3 is 0 Å². The molecular formula is C36H40. The van der Waals surface area contributed by atoms with E-state index in [1.54, 1.807) is 6.08 Å². The lowest BCUT2D eigenvalue weighted by atomic mass is 9.69. The lowest BCUT2D eigenvalue weighted by Gasteiger charge is -2.31. The van der Waals surface area contributed by atoms with Crippen molar-refractivity contribution in [3.8, 4) is 11.1 Å². The number of hydrogen-bond acceptors (Lipinski definition) is 0. The summed E-state index contributed by atoms with van der Waals surface area (Å²) in [5.41, 5.74) is 11.0. The largest absolute Gasteiger partial charge is 0.0991 e. The highest BCUT2D eigenvalue weighted by molar-refractivity contribution is 5.97. The summed E-state index contributed by atoms with van der Waals surface area (Å²) in [4.78, 5) is 0. The van der Waals surface area contributed by atoms with Gasteiger partial charge in [0.25, 0.3) is 0 Å². The van der Waals surface area contributed by atoms with E-state index in [1.165, 1.54) is 50.9 Å². The van der Waals surface area contributed by atoms with E-state index in [1.807, 2.05) is 32.9 Å². The predicted octanol–water partition coefficient (Wildman–Crippen LogP) is 10.5. The zero-order valence-electron chi connectivity index (χ0n) is 22.6. The van der Waals surface area contributed by atoms with Crippen LogP contribution >= 0.6 is 0 Å². The fourth-order valence-corrected chi connectivity index (χ4v) is 5.33. The Kier molecular flexibility index (Phi) is 9.65. The molecule has 0 aromatic heterocycles. The molecule has 0 amide bonds. The normalized spacial score (nSPS) is 14.7. The fourth-order valence-electron chi connectivity index (χ4n) is 5.33. The first-order chi connectivity index (χ1) is 17.7. The van der Waals surface area contributed by atoms with Gasteiger partial charge in [0.15, 0.2) is 0 Å². The first-order valence-electron chi connectivity index (χ1n) is 13.4. The van der Waals surface area contributed by atoms with Crippen LogP contribution in [0, 0.1) is 0 Å². The number of benzene rings is 3. The van der Waals surface area contributed by atoms with Crippen LogP contribution in [-0.2, 0) is 5.41 Å². The fraction of sp³-hybridized carbons (Fsp3) is 0.222. The van der Waals surface area contributed by atoms with Gasteiger partial charge in [0.05, 0.1) is 5.41 Å². The number of fused-ring (bicyclic) bond motifs is 9. The average Bonchev–Trinajstić information content (AvgIpc) is 3.23. The van der Waals surface area contributed by atoms with Crippen molar-refractivity contribution in [1.29, 1.82) is 0 Å². The van der Waals surface area contributed by atoms with Gasteiger partial charge < -0.3 is 0 Å². The van der Waals surface area contributed by atoms with Crippen molar-refractivity contribution < 1.29 is 0 Å². The number of hydrogen-bond donors (Lipinski definition) is 0. The van der Waals surface area contributed by atoms with Crippen molar-refractivity contribution in [3.63, 3.8) is 0 Å². The second kappa shape index (κ2) is 12.9. The number of rotatable bonds is 1. The summed E-state index contributed by atoms with van der Waals surface area (Å²) in [6, 6.07) is 26.9. The van der Waals surface area contributed by atoms with Crippen LogP contribution in [0.2, 0.25) is 0 Å². The average molecular weight is 473 g/mol. The third-order valence-electron chi connectivity index (χ3n) is 6.44. The Morgan fingerprint density at radius 3 is 1.64 bits per heavy atom. The minimum Gasteiger partial charge on any atom is -0.0991 e. The van der Waals surface area contributed by atoms with Crippen LogP contribution in [0.1, 0.15) is 69.7 Å². The molecule has 0 nitrogen and oxygen atoms in total. The van der Waals surface area contributed by atoms with Gasteiger partial charge in [0.1, 0.15) is 0 Å². The van der Waals surface area contributed by atoms with Crippen LogP contribution in [-0.4, -0.2) is 0 Å². The summed E-state index contributed by atoms with van der Waals surface area (Å²) in [5, 5.41) is 0. The van der Waals surface area contributed by atoms with Crippen molar-refractivity contribution in [2.24, 2.45) is 0 Å². The van der Waals surface area contributed by atoms with E-state index < -0.39 is 0 Å². The van der Waals surface area contributed by atoms with E-state index in [9.17, 15) is 0 Å². The zero-order chi connectivity index (χ0) is 26.0. The summed E-state index contributed by atoms with van der Waals surface area (Å²) in [7, 11) is 0. The SMILES string of the molecule is C1=CC2=C(C=CC1)C1(c3ccccc32)c2ccccc2-c2ccccc21.C=C/C=C\C.CC.CCC. The van der Waals surface area contributed by atoms with E-state index in [4.69, 9.17) is 0 Å². The molecule has 0 bridgehead atoms. The summed E-state index contributed by atoms with van der Waals surface area (Å²) in [6.45, 7) is 13.7. The molecule has 0 aliphatic heterocycles.